The van der Waals surface area contributed by atoms with Crippen LogP contribution in [0.15, 0.2) is 12.1 Å². The highest BCUT2D eigenvalue weighted by Gasteiger charge is 2.20. The molecule has 3 nitrogen and oxygen atoms in total. The monoisotopic (exact) mass is 177 g/mol. The van der Waals surface area contributed by atoms with Gasteiger partial charge in [-0.15, -0.1) is 0 Å². The number of ether oxygens (including phenoxy) is 1. The van der Waals surface area contributed by atoms with E-state index < -0.39 is 0 Å². The van der Waals surface area contributed by atoms with E-state index in [0.717, 1.165) is 5.56 Å². The number of carbonyl (C=O) groups is 1. The molecule has 0 unspecified atom stereocenters. The molecule has 0 saturated heterocycles. The van der Waals surface area contributed by atoms with Crippen molar-refractivity contribution in [2.45, 2.75) is 13.3 Å². The third-order valence-electron chi connectivity index (χ3n) is 2.17. The minimum Gasteiger partial charge on any atom is -0.492 e. The second kappa shape index (κ2) is 2.76. The summed E-state index contributed by atoms with van der Waals surface area (Å²) in [5.41, 5.74) is 7.82. The molecule has 0 radical (unpaired) electrons. The number of aryl methyl sites for hydroxylation is 1. The zero-order valence-corrected chi connectivity index (χ0v) is 7.46. The van der Waals surface area contributed by atoms with Crippen molar-refractivity contribution in [1.29, 1.82) is 0 Å². The fourth-order valence-corrected chi connectivity index (χ4v) is 1.58. The predicted octanol–water partition coefficient (Wildman–Crippen LogP) is 1.54. The molecule has 1 aromatic carbocycles. The van der Waals surface area contributed by atoms with Crippen LogP contribution in [0.2, 0.25) is 0 Å². The number of rotatable bonds is 0. The number of nitrogens with two attached hydrogens (primary N) is 1. The lowest BCUT2D eigenvalue weighted by molar-refractivity contribution is 0.0933. The van der Waals surface area contributed by atoms with Crippen molar-refractivity contribution in [3.63, 3.8) is 0 Å². The van der Waals surface area contributed by atoms with Crippen LogP contribution in [0.1, 0.15) is 22.3 Å². The van der Waals surface area contributed by atoms with Crippen LogP contribution < -0.4 is 10.5 Å². The number of fused-ring (bicyclic) bond motifs is 1. The Morgan fingerprint density at radius 1 is 1.46 bits per heavy atom. The highest BCUT2D eigenvalue weighted by molar-refractivity contribution is 6.00. The van der Waals surface area contributed by atoms with Crippen LogP contribution in [0.3, 0.4) is 0 Å². The highest BCUT2D eigenvalue weighted by atomic mass is 16.5. The first-order valence-electron chi connectivity index (χ1n) is 4.24. The molecule has 0 spiro atoms. The lowest BCUT2D eigenvalue weighted by atomic mass is 10.0. The zero-order chi connectivity index (χ0) is 9.42. The normalized spacial score (nSPS) is 15.0. The van der Waals surface area contributed by atoms with Crippen LogP contribution in [-0.2, 0) is 0 Å². The summed E-state index contributed by atoms with van der Waals surface area (Å²) in [6.07, 6.45) is 0.454. The van der Waals surface area contributed by atoms with Crippen molar-refractivity contribution in [2.24, 2.45) is 0 Å². The summed E-state index contributed by atoms with van der Waals surface area (Å²) in [7, 11) is 0. The fourth-order valence-electron chi connectivity index (χ4n) is 1.58. The summed E-state index contributed by atoms with van der Waals surface area (Å²) in [5.74, 6) is 0.821. The quantitative estimate of drug-likeness (QED) is 0.611. The van der Waals surface area contributed by atoms with E-state index in [4.69, 9.17) is 10.5 Å². The molecule has 1 aliphatic rings. The van der Waals surface area contributed by atoms with Gasteiger partial charge in [0.05, 0.1) is 12.2 Å². The third kappa shape index (κ3) is 1.26. The van der Waals surface area contributed by atoms with E-state index in [0.29, 0.717) is 30.0 Å². The Morgan fingerprint density at radius 2 is 2.23 bits per heavy atom. The molecular formula is C10H11NO2. The van der Waals surface area contributed by atoms with Crippen LogP contribution in [0.5, 0.6) is 5.75 Å². The molecule has 68 valence electrons. The molecule has 0 aliphatic carbocycles. The molecule has 1 aromatic rings. The van der Waals surface area contributed by atoms with Gasteiger partial charge >= 0.3 is 0 Å². The van der Waals surface area contributed by atoms with Gasteiger partial charge in [-0.25, -0.2) is 0 Å². The summed E-state index contributed by atoms with van der Waals surface area (Å²) >= 11 is 0. The smallest absolute Gasteiger partial charge is 0.170 e. The van der Waals surface area contributed by atoms with Gasteiger partial charge in [-0.2, -0.15) is 0 Å². The molecule has 0 fully saturated rings. The van der Waals surface area contributed by atoms with Crippen molar-refractivity contribution >= 4 is 11.5 Å². The molecule has 1 aliphatic heterocycles. The van der Waals surface area contributed by atoms with E-state index in [1.807, 2.05) is 13.0 Å². The van der Waals surface area contributed by atoms with E-state index in [1.165, 1.54) is 0 Å². The number of benzene rings is 1. The molecule has 2 N–H and O–H groups in total. The van der Waals surface area contributed by atoms with Gasteiger partial charge < -0.3 is 10.5 Å². The Bertz CT molecular complexity index is 371. The summed E-state index contributed by atoms with van der Waals surface area (Å²) in [4.78, 5) is 11.5. The molecule has 13 heavy (non-hydrogen) atoms. The SMILES string of the molecule is Cc1cc(N)cc2c1OCCC2=O. The van der Waals surface area contributed by atoms with Gasteiger partial charge in [-0.3, -0.25) is 4.79 Å². The maximum Gasteiger partial charge on any atom is 0.170 e. The standard InChI is InChI=1S/C10H11NO2/c1-6-4-7(11)5-8-9(12)2-3-13-10(6)8/h4-5H,2-3,11H2,1H3. The van der Waals surface area contributed by atoms with E-state index in [2.05, 4.69) is 0 Å². The molecule has 0 amide bonds. The van der Waals surface area contributed by atoms with Crippen molar-refractivity contribution in [3.05, 3.63) is 23.3 Å². The van der Waals surface area contributed by atoms with Gasteiger partial charge in [0.25, 0.3) is 0 Å². The number of carbonyl (C=O) groups excluding carboxylic acids is 1. The van der Waals surface area contributed by atoms with E-state index in [1.54, 1.807) is 6.07 Å². The first-order valence-corrected chi connectivity index (χ1v) is 4.24. The molecule has 0 saturated carbocycles. The third-order valence-corrected chi connectivity index (χ3v) is 2.17. The van der Waals surface area contributed by atoms with E-state index in [9.17, 15) is 4.79 Å². The first kappa shape index (κ1) is 8.10. The Labute approximate surface area is 76.5 Å². The number of Topliss-reactive ketones (excluding diaryl/α,β-unsaturated/α-hetero) is 1. The Hall–Kier alpha value is -1.51. The van der Waals surface area contributed by atoms with Crippen LogP contribution in [0.25, 0.3) is 0 Å². The summed E-state index contributed by atoms with van der Waals surface area (Å²) in [6.45, 7) is 2.38. The molecule has 2 rings (SSSR count). The van der Waals surface area contributed by atoms with Gasteiger partial charge in [0.1, 0.15) is 5.75 Å². The molecule has 3 heteroatoms. The molecule has 0 bridgehead atoms. The topological polar surface area (TPSA) is 52.3 Å². The Morgan fingerprint density at radius 3 is 3.00 bits per heavy atom. The van der Waals surface area contributed by atoms with Gasteiger partial charge in [-0.1, -0.05) is 0 Å². The largest absolute Gasteiger partial charge is 0.492 e. The minimum atomic E-state index is 0.122. The molecule has 0 aromatic heterocycles. The average Bonchev–Trinajstić information content (AvgIpc) is 2.07. The van der Waals surface area contributed by atoms with Crippen LogP contribution >= 0.6 is 0 Å². The van der Waals surface area contributed by atoms with Crippen LogP contribution in [-0.4, -0.2) is 12.4 Å². The van der Waals surface area contributed by atoms with Crippen molar-refractivity contribution in [1.82, 2.24) is 0 Å². The van der Waals surface area contributed by atoms with Crippen molar-refractivity contribution in [2.75, 3.05) is 12.3 Å². The number of hydrogen-bond donors (Lipinski definition) is 1. The Balaban J connectivity index is 2.63. The van der Waals surface area contributed by atoms with E-state index in [-0.39, 0.29) is 5.78 Å². The molecular weight excluding hydrogens is 166 g/mol. The number of ketones is 1. The molecule has 0 atom stereocenters. The second-order valence-electron chi connectivity index (χ2n) is 3.24. The van der Waals surface area contributed by atoms with Crippen molar-refractivity contribution in [3.8, 4) is 5.75 Å². The van der Waals surface area contributed by atoms with Gasteiger partial charge in [0.2, 0.25) is 0 Å². The zero-order valence-electron chi connectivity index (χ0n) is 7.46. The van der Waals surface area contributed by atoms with Gasteiger partial charge in [0, 0.05) is 12.1 Å². The summed E-state index contributed by atoms with van der Waals surface area (Å²) in [5, 5.41) is 0. The highest BCUT2D eigenvalue weighted by Crippen LogP contribution is 2.30. The lowest BCUT2D eigenvalue weighted by Gasteiger charge is -2.18. The maximum absolute atomic E-state index is 11.5. The molecule has 1 heterocycles. The van der Waals surface area contributed by atoms with Crippen molar-refractivity contribution < 1.29 is 9.53 Å². The predicted molar refractivity (Wildman–Crippen MR) is 50.0 cm³/mol. The average molecular weight is 177 g/mol. The first-order chi connectivity index (χ1) is 6.18. The maximum atomic E-state index is 11.5. The number of anilines is 1. The number of hydrogen-bond acceptors (Lipinski definition) is 3. The van der Waals surface area contributed by atoms with E-state index >= 15 is 0 Å². The van der Waals surface area contributed by atoms with Gasteiger partial charge in [-0.05, 0) is 24.6 Å². The van der Waals surface area contributed by atoms with Crippen LogP contribution in [0.4, 0.5) is 5.69 Å². The summed E-state index contributed by atoms with van der Waals surface area (Å²) in [6, 6.07) is 3.50. The summed E-state index contributed by atoms with van der Waals surface area (Å²) < 4.78 is 5.40. The second-order valence-corrected chi connectivity index (χ2v) is 3.24. The Kier molecular flexibility index (Phi) is 1.72. The fraction of sp³-hybridized carbons (Fsp3) is 0.300. The number of nitrogen functional groups attached to an aromatic ring is 1. The lowest BCUT2D eigenvalue weighted by Crippen LogP contribution is -2.16. The van der Waals surface area contributed by atoms with Crippen LogP contribution in [0, 0.1) is 6.92 Å². The van der Waals surface area contributed by atoms with Gasteiger partial charge in [0.15, 0.2) is 5.78 Å². The minimum absolute atomic E-state index is 0.122.